The van der Waals surface area contributed by atoms with Crippen LogP contribution in [-0.2, 0) is 6.42 Å². The van der Waals surface area contributed by atoms with Gasteiger partial charge in [-0.25, -0.2) is 14.1 Å². The van der Waals surface area contributed by atoms with Crippen molar-refractivity contribution in [3.05, 3.63) is 46.8 Å². The topological polar surface area (TPSA) is 50.9 Å². The van der Waals surface area contributed by atoms with Gasteiger partial charge in [-0.3, -0.25) is 0 Å². The number of rotatable bonds is 4. The molecule has 1 aromatic heterocycles. The van der Waals surface area contributed by atoms with Crippen LogP contribution < -0.4 is 0 Å². The summed E-state index contributed by atoms with van der Waals surface area (Å²) in [4.78, 5) is 4.09. The van der Waals surface area contributed by atoms with Gasteiger partial charge in [0.15, 0.2) is 0 Å². The second-order valence-electron chi connectivity index (χ2n) is 4.60. The zero-order chi connectivity index (χ0) is 14.0. The van der Waals surface area contributed by atoms with Gasteiger partial charge in [0, 0.05) is 23.0 Å². The average Bonchev–Trinajstić information content (AvgIpc) is 2.80. The van der Waals surface area contributed by atoms with Crippen molar-refractivity contribution in [2.75, 3.05) is 0 Å². The molecule has 19 heavy (non-hydrogen) atoms. The van der Waals surface area contributed by atoms with Crippen LogP contribution in [0.1, 0.15) is 37.4 Å². The largest absolute Gasteiger partial charge is 0.388 e. The molecule has 1 unspecified atom stereocenters. The van der Waals surface area contributed by atoms with E-state index in [1.807, 2.05) is 13.8 Å². The van der Waals surface area contributed by atoms with Crippen LogP contribution >= 0.6 is 11.6 Å². The first-order valence-electron chi connectivity index (χ1n) is 6.00. The molecule has 102 valence electrons. The third kappa shape index (κ3) is 3.11. The molecular weight excluding hydrogens is 269 g/mol. The van der Waals surface area contributed by atoms with Crippen molar-refractivity contribution in [3.8, 4) is 0 Å². The fourth-order valence-corrected chi connectivity index (χ4v) is 2.08. The van der Waals surface area contributed by atoms with Crippen molar-refractivity contribution in [1.82, 2.24) is 14.8 Å². The maximum Gasteiger partial charge on any atom is 0.138 e. The van der Waals surface area contributed by atoms with Crippen LogP contribution in [0, 0.1) is 5.82 Å². The summed E-state index contributed by atoms with van der Waals surface area (Å²) >= 11 is 5.81. The van der Waals surface area contributed by atoms with Crippen LogP contribution in [0.5, 0.6) is 0 Å². The van der Waals surface area contributed by atoms with Gasteiger partial charge < -0.3 is 5.11 Å². The molecule has 0 amide bonds. The Morgan fingerprint density at radius 3 is 2.84 bits per heavy atom. The van der Waals surface area contributed by atoms with E-state index in [-0.39, 0.29) is 18.0 Å². The van der Waals surface area contributed by atoms with E-state index in [4.69, 9.17) is 11.6 Å². The molecule has 1 N–H and O–H groups in total. The van der Waals surface area contributed by atoms with Crippen LogP contribution in [0.15, 0.2) is 24.5 Å². The molecule has 2 aromatic rings. The van der Waals surface area contributed by atoms with E-state index < -0.39 is 11.9 Å². The van der Waals surface area contributed by atoms with Gasteiger partial charge in [0.25, 0.3) is 0 Å². The quantitative estimate of drug-likeness (QED) is 0.938. The second kappa shape index (κ2) is 5.67. The highest BCUT2D eigenvalue weighted by Crippen LogP contribution is 2.24. The highest BCUT2D eigenvalue weighted by Gasteiger charge is 2.18. The standard InChI is InChI=1S/C13H15ClFN3O/c1-8(2)18-13(16-7-17-18)6-12(19)10-5-9(14)3-4-11(10)15/h3-5,7-8,12,19H,6H2,1-2H3. The third-order valence-corrected chi connectivity index (χ3v) is 3.06. The minimum Gasteiger partial charge on any atom is -0.388 e. The number of aliphatic hydroxyl groups excluding tert-OH is 1. The van der Waals surface area contributed by atoms with Gasteiger partial charge in [0.05, 0.1) is 6.10 Å². The van der Waals surface area contributed by atoms with E-state index in [0.29, 0.717) is 10.8 Å². The molecule has 0 saturated carbocycles. The highest BCUT2D eigenvalue weighted by atomic mass is 35.5. The number of hydrogen-bond donors (Lipinski definition) is 1. The lowest BCUT2D eigenvalue weighted by molar-refractivity contribution is 0.168. The van der Waals surface area contributed by atoms with Crippen LogP contribution in [0.2, 0.25) is 5.02 Å². The first-order valence-corrected chi connectivity index (χ1v) is 6.38. The summed E-state index contributed by atoms with van der Waals surface area (Å²) in [5, 5.41) is 14.6. The molecule has 4 nitrogen and oxygen atoms in total. The molecule has 0 fully saturated rings. The molecule has 0 aliphatic carbocycles. The van der Waals surface area contributed by atoms with Crippen LogP contribution in [-0.4, -0.2) is 19.9 Å². The van der Waals surface area contributed by atoms with E-state index in [1.54, 1.807) is 4.68 Å². The minimum absolute atomic E-state index is 0.133. The van der Waals surface area contributed by atoms with E-state index >= 15 is 0 Å². The number of benzene rings is 1. The van der Waals surface area contributed by atoms with E-state index in [2.05, 4.69) is 10.1 Å². The van der Waals surface area contributed by atoms with E-state index in [9.17, 15) is 9.50 Å². The number of nitrogens with zero attached hydrogens (tertiary/aromatic N) is 3. The minimum atomic E-state index is -1.000. The van der Waals surface area contributed by atoms with Crippen molar-refractivity contribution in [3.63, 3.8) is 0 Å². The lowest BCUT2D eigenvalue weighted by Crippen LogP contribution is -2.13. The van der Waals surface area contributed by atoms with Gasteiger partial charge >= 0.3 is 0 Å². The Morgan fingerprint density at radius 2 is 2.16 bits per heavy atom. The van der Waals surface area contributed by atoms with Crippen LogP contribution in [0.4, 0.5) is 4.39 Å². The van der Waals surface area contributed by atoms with Crippen molar-refractivity contribution in [2.24, 2.45) is 0 Å². The lowest BCUT2D eigenvalue weighted by Gasteiger charge is -2.14. The first kappa shape index (κ1) is 14.0. The highest BCUT2D eigenvalue weighted by molar-refractivity contribution is 6.30. The number of aromatic nitrogens is 3. The fraction of sp³-hybridized carbons (Fsp3) is 0.385. The maximum absolute atomic E-state index is 13.6. The summed E-state index contributed by atoms with van der Waals surface area (Å²) in [6, 6.07) is 4.25. The van der Waals surface area contributed by atoms with Gasteiger partial charge in [0.1, 0.15) is 18.0 Å². The van der Waals surface area contributed by atoms with Crippen molar-refractivity contribution in [1.29, 1.82) is 0 Å². The Kier molecular flexibility index (Phi) is 4.17. The predicted octanol–water partition coefficient (Wildman–Crippen LogP) is 2.93. The zero-order valence-electron chi connectivity index (χ0n) is 10.7. The molecule has 2 rings (SSSR count). The summed E-state index contributed by atoms with van der Waals surface area (Å²) in [5.41, 5.74) is 0.172. The molecule has 0 aliphatic rings. The second-order valence-corrected chi connectivity index (χ2v) is 5.04. The summed E-state index contributed by atoms with van der Waals surface area (Å²) in [5.74, 6) is 0.134. The van der Waals surface area contributed by atoms with E-state index in [0.717, 1.165) is 0 Å². The van der Waals surface area contributed by atoms with Gasteiger partial charge in [-0.15, -0.1) is 0 Å². The predicted molar refractivity (Wildman–Crippen MR) is 70.5 cm³/mol. The number of halogens is 2. The summed E-state index contributed by atoms with van der Waals surface area (Å²) < 4.78 is 15.3. The maximum atomic E-state index is 13.6. The Morgan fingerprint density at radius 1 is 1.42 bits per heavy atom. The number of aliphatic hydroxyl groups is 1. The van der Waals surface area contributed by atoms with Crippen molar-refractivity contribution < 1.29 is 9.50 Å². The zero-order valence-corrected chi connectivity index (χ0v) is 11.5. The lowest BCUT2D eigenvalue weighted by atomic mass is 10.1. The van der Waals surface area contributed by atoms with Gasteiger partial charge in [0.2, 0.25) is 0 Å². The Balaban J connectivity index is 2.23. The summed E-state index contributed by atoms with van der Waals surface area (Å²) in [6.45, 7) is 3.93. The Labute approximate surface area is 115 Å². The molecule has 0 radical (unpaired) electrons. The monoisotopic (exact) mass is 283 g/mol. The molecule has 0 saturated heterocycles. The van der Waals surface area contributed by atoms with Crippen LogP contribution in [0.25, 0.3) is 0 Å². The van der Waals surface area contributed by atoms with Gasteiger partial charge in [-0.05, 0) is 32.0 Å². The molecule has 0 spiro atoms. The first-order chi connectivity index (χ1) is 8.99. The summed E-state index contributed by atoms with van der Waals surface area (Å²) in [7, 11) is 0. The molecule has 1 aromatic carbocycles. The molecule has 6 heteroatoms. The van der Waals surface area contributed by atoms with Crippen LogP contribution in [0.3, 0.4) is 0 Å². The SMILES string of the molecule is CC(C)n1ncnc1CC(O)c1cc(Cl)ccc1F. The average molecular weight is 284 g/mol. The van der Waals surface area contributed by atoms with Gasteiger partial charge in [-0.2, -0.15) is 5.10 Å². The van der Waals surface area contributed by atoms with E-state index in [1.165, 1.54) is 24.5 Å². The molecule has 0 aliphatic heterocycles. The molecule has 1 atom stereocenters. The van der Waals surface area contributed by atoms with Gasteiger partial charge in [-0.1, -0.05) is 11.6 Å². The number of hydrogen-bond acceptors (Lipinski definition) is 3. The Hall–Kier alpha value is -1.46. The van der Waals surface area contributed by atoms with Crippen molar-refractivity contribution >= 4 is 11.6 Å². The molecule has 1 heterocycles. The third-order valence-electron chi connectivity index (χ3n) is 2.83. The molecular formula is C13H15ClFN3O. The smallest absolute Gasteiger partial charge is 0.138 e. The molecule has 0 bridgehead atoms. The summed E-state index contributed by atoms with van der Waals surface area (Å²) in [6.07, 6.45) is 0.617. The van der Waals surface area contributed by atoms with Crippen molar-refractivity contribution in [2.45, 2.75) is 32.4 Å². The Bertz CT molecular complexity index is 571. The fourth-order valence-electron chi connectivity index (χ4n) is 1.90. The normalized spacial score (nSPS) is 12.9.